The quantitative estimate of drug-likeness (QED) is 0.668. The molecule has 2 amide bonds. The van der Waals surface area contributed by atoms with Crippen LogP contribution in [0.2, 0.25) is 0 Å². The number of aromatic nitrogens is 1. The highest BCUT2D eigenvalue weighted by Crippen LogP contribution is 2.25. The molecule has 0 aromatic carbocycles. The fourth-order valence-corrected chi connectivity index (χ4v) is 4.95. The Morgan fingerprint density at radius 1 is 1.28 bits per heavy atom. The fourth-order valence-electron chi connectivity index (χ4n) is 3.53. The minimum atomic E-state index is -3.66. The number of sulfonamides is 1. The molecular weight excluding hydrogens is 399 g/mol. The summed E-state index contributed by atoms with van der Waals surface area (Å²) in [5, 5.41) is 0. The number of likely N-dealkylation sites (N-methyl/N-ethyl adjacent to an activating group) is 1. The lowest BCUT2D eigenvalue weighted by atomic mass is 10.1. The Balaban J connectivity index is 1.59. The molecule has 0 saturated carbocycles. The zero-order valence-electron chi connectivity index (χ0n) is 16.8. The van der Waals surface area contributed by atoms with Crippen LogP contribution in [0.15, 0.2) is 35.1 Å². The summed E-state index contributed by atoms with van der Waals surface area (Å²) in [7, 11) is -1.88. The van der Waals surface area contributed by atoms with E-state index in [1.54, 1.807) is 11.9 Å². The van der Waals surface area contributed by atoms with E-state index in [-0.39, 0.29) is 29.5 Å². The summed E-state index contributed by atoms with van der Waals surface area (Å²) < 4.78 is 45.2. The van der Waals surface area contributed by atoms with Crippen LogP contribution in [0.1, 0.15) is 26.2 Å². The molecule has 3 heterocycles. The highest BCUT2D eigenvalue weighted by Gasteiger charge is 2.36. The maximum atomic E-state index is 12.9. The third-order valence-corrected chi connectivity index (χ3v) is 7.36. The monoisotopic (exact) mass is 426 g/mol. The van der Waals surface area contributed by atoms with E-state index in [1.807, 2.05) is 11.8 Å². The van der Waals surface area contributed by atoms with Crippen molar-refractivity contribution in [2.75, 3.05) is 39.8 Å². The first kappa shape index (κ1) is 21.5. The molecule has 29 heavy (non-hydrogen) atoms. The molecule has 2 aliphatic rings. The van der Waals surface area contributed by atoms with Crippen molar-refractivity contribution in [3.05, 3.63) is 30.2 Å². The van der Waals surface area contributed by atoms with Crippen LogP contribution in [0.3, 0.4) is 0 Å². The van der Waals surface area contributed by atoms with Gasteiger partial charge in [0.25, 0.3) is 0 Å². The number of hydrogen-bond acceptors (Lipinski definition) is 5. The lowest BCUT2D eigenvalue weighted by Gasteiger charge is -2.35. The van der Waals surface area contributed by atoms with Crippen LogP contribution < -0.4 is 4.74 Å². The number of ether oxygens (including phenoxy) is 1. The van der Waals surface area contributed by atoms with Crippen molar-refractivity contribution in [1.82, 2.24) is 19.1 Å². The molecule has 0 N–H and O–H groups in total. The van der Waals surface area contributed by atoms with Crippen LogP contribution in [-0.2, 0) is 10.0 Å². The second kappa shape index (κ2) is 9.08. The summed E-state index contributed by atoms with van der Waals surface area (Å²) in [5.74, 6) is 0.243. The Labute approximate surface area is 171 Å². The van der Waals surface area contributed by atoms with Gasteiger partial charge in [-0.3, -0.25) is 0 Å². The molecule has 2 aliphatic heterocycles. The van der Waals surface area contributed by atoms with Crippen molar-refractivity contribution in [1.29, 1.82) is 0 Å². The van der Waals surface area contributed by atoms with Gasteiger partial charge < -0.3 is 14.5 Å². The molecule has 0 spiro atoms. The Morgan fingerprint density at radius 2 is 2.00 bits per heavy atom. The fraction of sp³-hybridized carbons (Fsp3) is 0.579. The lowest BCUT2D eigenvalue weighted by Crippen LogP contribution is -2.47. The Hall–Kier alpha value is -2.20. The molecule has 8 nitrogen and oxygen atoms in total. The molecule has 0 aliphatic carbocycles. The van der Waals surface area contributed by atoms with Crippen molar-refractivity contribution < 1.29 is 22.3 Å². The average molecular weight is 427 g/mol. The van der Waals surface area contributed by atoms with Gasteiger partial charge in [-0.25, -0.2) is 22.6 Å². The van der Waals surface area contributed by atoms with Crippen LogP contribution in [0.25, 0.3) is 0 Å². The topological polar surface area (TPSA) is 83.1 Å². The molecular formula is C19H27FN4O4S. The van der Waals surface area contributed by atoms with Crippen LogP contribution in [0, 0.1) is 0 Å². The number of pyridine rings is 1. The van der Waals surface area contributed by atoms with Crippen molar-refractivity contribution in [2.45, 2.75) is 37.1 Å². The molecule has 2 saturated heterocycles. The smallest absolute Gasteiger partial charge is 0.320 e. The first-order valence-electron chi connectivity index (χ1n) is 9.75. The van der Waals surface area contributed by atoms with Gasteiger partial charge in [-0.15, -0.1) is 0 Å². The van der Waals surface area contributed by atoms with E-state index in [0.29, 0.717) is 57.3 Å². The van der Waals surface area contributed by atoms with Crippen molar-refractivity contribution in [3.63, 3.8) is 0 Å². The third-order valence-electron chi connectivity index (χ3n) is 5.47. The zero-order chi connectivity index (χ0) is 21.0. The molecule has 160 valence electrons. The number of rotatable bonds is 7. The van der Waals surface area contributed by atoms with E-state index in [4.69, 9.17) is 4.74 Å². The number of nitrogens with zero attached hydrogens (tertiary/aromatic N) is 4. The van der Waals surface area contributed by atoms with E-state index in [2.05, 4.69) is 4.98 Å². The molecule has 3 rings (SSSR count). The summed E-state index contributed by atoms with van der Waals surface area (Å²) in [6.45, 7) is 4.01. The third kappa shape index (κ3) is 4.69. The SMILES string of the molecule is CC/C(=C\F)COc1ccc(S(=O)(=O)N2CCC(N3CCN(C)C3=O)CC2)cn1. The Kier molecular flexibility index (Phi) is 6.74. The van der Waals surface area contributed by atoms with E-state index >= 15 is 0 Å². The van der Waals surface area contributed by atoms with Crippen LogP contribution in [-0.4, -0.2) is 79.4 Å². The normalized spacial score (nSPS) is 19.8. The second-order valence-electron chi connectivity index (χ2n) is 7.27. The molecule has 0 atom stereocenters. The minimum Gasteiger partial charge on any atom is -0.473 e. The number of halogens is 1. The van der Waals surface area contributed by atoms with Gasteiger partial charge in [0.15, 0.2) is 0 Å². The number of carbonyl (C=O) groups is 1. The number of hydrogen-bond donors (Lipinski definition) is 0. The number of carbonyl (C=O) groups excluding carboxylic acids is 1. The van der Waals surface area contributed by atoms with Gasteiger partial charge in [0.1, 0.15) is 11.5 Å². The Bertz CT molecular complexity index is 851. The van der Waals surface area contributed by atoms with Gasteiger partial charge in [-0.2, -0.15) is 4.31 Å². The maximum Gasteiger partial charge on any atom is 0.320 e. The van der Waals surface area contributed by atoms with Gasteiger partial charge >= 0.3 is 6.03 Å². The van der Waals surface area contributed by atoms with E-state index in [0.717, 1.165) is 0 Å². The van der Waals surface area contributed by atoms with E-state index in [9.17, 15) is 17.6 Å². The highest BCUT2D eigenvalue weighted by atomic mass is 32.2. The van der Waals surface area contributed by atoms with Gasteiger partial charge in [-0.05, 0) is 30.9 Å². The number of urea groups is 1. The Morgan fingerprint density at radius 3 is 2.52 bits per heavy atom. The van der Waals surface area contributed by atoms with E-state index < -0.39 is 10.0 Å². The molecule has 1 aromatic rings. The molecule has 0 bridgehead atoms. The standard InChI is InChI=1S/C19H27FN4O4S/c1-3-15(12-20)14-28-18-5-4-17(13-21-18)29(26,27)23-8-6-16(7-9-23)24-11-10-22(2)19(24)25/h4-5,12-13,16H,3,6-11,14H2,1-2H3/b15-12+. The number of piperidine rings is 1. The first-order valence-corrected chi connectivity index (χ1v) is 11.2. The summed E-state index contributed by atoms with van der Waals surface area (Å²) in [6, 6.07) is 3.02. The highest BCUT2D eigenvalue weighted by molar-refractivity contribution is 7.89. The van der Waals surface area contributed by atoms with Gasteiger partial charge in [0.2, 0.25) is 15.9 Å². The maximum absolute atomic E-state index is 12.9. The zero-order valence-corrected chi connectivity index (χ0v) is 17.6. The van der Waals surface area contributed by atoms with Gasteiger partial charge in [0, 0.05) is 45.3 Å². The van der Waals surface area contributed by atoms with Gasteiger partial charge in [-0.1, -0.05) is 6.92 Å². The van der Waals surface area contributed by atoms with Crippen LogP contribution in [0.4, 0.5) is 9.18 Å². The van der Waals surface area contributed by atoms with Crippen molar-refractivity contribution in [3.8, 4) is 5.88 Å². The van der Waals surface area contributed by atoms with Crippen LogP contribution >= 0.6 is 0 Å². The van der Waals surface area contributed by atoms with Crippen molar-refractivity contribution >= 4 is 16.1 Å². The van der Waals surface area contributed by atoms with Crippen LogP contribution in [0.5, 0.6) is 5.88 Å². The first-order chi connectivity index (χ1) is 13.9. The predicted octanol–water partition coefficient (Wildman–Crippen LogP) is 2.24. The lowest BCUT2D eigenvalue weighted by molar-refractivity contribution is 0.158. The summed E-state index contributed by atoms with van der Waals surface area (Å²) in [5.41, 5.74) is 0.494. The summed E-state index contributed by atoms with van der Waals surface area (Å²) in [4.78, 5) is 19.8. The molecule has 0 radical (unpaired) electrons. The van der Waals surface area contributed by atoms with Crippen molar-refractivity contribution in [2.24, 2.45) is 0 Å². The van der Waals surface area contributed by atoms with Gasteiger partial charge in [0.05, 0.1) is 12.5 Å². The summed E-state index contributed by atoms with van der Waals surface area (Å²) >= 11 is 0. The second-order valence-corrected chi connectivity index (χ2v) is 9.21. The minimum absolute atomic E-state index is 0.0138. The predicted molar refractivity (Wildman–Crippen MR) is 106 cm³/mol. The molecule has 1 aromatic heterocycles. The summed E-state index contributed by atoms with van der Waals surface area (Å²) in [6.07, 6.45) is 3.53. The number of amides is 2. The van der Waals surface area contributed by atoms with E-state index in [1.165, 1.54) is 22.6 Å². The molecule has 2 fully saturated rings. The molecule has 10 heteroatoms. The average Bonchev–Trinajstić information content (AvgIpc) is 3.08. The largest absolute Gasteiger partial charge is 0.473 e. The molecule has 0 unspecified atom stereocenters.